The number of halogens is 2. The number of nitrogens with zero attached hydrogens (tertiary/aromatic N) is 3. The van der Waals surface area contributed by atoms with Crippen LogP contribution in [0.1, 0.15) is 28.5 Å². The molecular formula is C21H18Cl2N4O5. The molecule has 1 N–H and O–H groups in total. The Labute approximate surface area is 193 Å². The van der Waals surface area contributed by atoms with Crippen molar-refractivity contribution in [2.45, 2.75) is 26.5 Å². The number of hydrogen-bond acceptors (Lipinski definition) is 6. The van der Waals surface area contributed by atoms with E-state index in [1.54, 1.807) is 19.1 Å². The molecule has 0 saturated heterocycles. The van der Waals surface area contributed by atoms with Crippen LogP contribution in [0.3, 0.4) is 0 Å². The topological polar surface area (TPSA) is 116 Å². The first kappa shape index (κ1) is 23.2. The maximum atomic E-state index is 12.7. The Balaban J connectivity index is 1.73. The van der Waals surface area contributed by atoms with Gasteiger partial charge < -0.3 is 10.1 Å². The molecule has 3 rings (SSSR count). The highest BCUT2D eigenvalue weighted by atomic mass is 35.5. The number of nitro benzene ring substituents is 1. The SMILES string of the molecule is Cc1nn(Cc2ccccc2Cl)c(Cl)c1C(=O)OC(C)C(=O)Nc1ccccc1[N+](=O)[O-]. The highest BCUT2D eigenvalue weighted by Crippen LogP contribution is 2.26. The van der Waals surface area contributed by atoms with Gasteiger partial charge in [-0.25, -0.2) is 9.48 Å². The normalized spacial score (nSPS) is 11.6. The van der Waals surface area contributed by atoms with E-state index >= 15 is 0 Å². The van der Waals surface area contributed by atoms with Crippen molar-refractivity contribution in [1.29, 1.82) is 0 Å². The van der Waals surface area contributed by atoms with Gasteiger partial charge in [0.25, 0.3) is 11.6 Å². The molecule has 1 atom stereocenters. The number of anilines is 1. The summed E-state index contributed by atoms with van der Waals surface area (Å²) in [6.07, 6.45) is -1.25. The molecule has 0 fully saturated rings. The van der Waals surface area contributed by atoms with Gasteiger partial charge in [0.15, 0.2) is 6.10 Å². The van der Waals surface area contributed by atoms with Crippen molar-refractivity contribution in [3.05, 3.63) is 85.6 Å². The third kappa shape index (κ3) is 5.06. The molecule has 0 radical (unpaired) electrons. The molecule has 2 aromatic carbocycles. The Morgan fingerprint density at radius 1 is 1.19 bits per heavy atom. The number of nitrogens with one attached hydrogen (secondary N) is 1. The molecule has 0 saturated carbocycles. The molecular weight excluding hydrogens is 459 g/mol. The van der Waals surface area contributed by atoms with E-state index in [9.17, 15) is 19.7 Å². The molecule has 9 nitrogen and oxygen atoms in total. The number of benzene rings is 2. The summed E-state index contributed by atoms with van der Waals surface area (Å²) in [5, 5.41) is 18.3. The first-order chi connectivity index (χ1) is 15.2. The number of esters is 1. The van der Waals surface area contributed by atoms with Gasteiger partial charge in [-0.05, 0) is 31.5 Å². The van der Waals surface area contributed by atoms with Gasteiger partial charge in [-0.3, -0.25) is 14.9 Å². The maximum Gasteiger partial charge on any atom is 0.343 e. The molecule has 0 aliphatic rings. The summed E-state index contributed by atoms with van der Waals surface area (Å²) in [6, 6.07) is 12.8. The van der Waals surface area contributed by atoms with Crippen molar-refractivity contribution >= 4 is 46.5 Å². The Hall–Kier alpha value is -3.43. The number of aromatic nitrogens is 2. The number of ether oxygens (including phenoxy) is 1. The molecule has 32 heavy (non-hydrogen) atoms. The highest BCUT2D eigenvalue weighted by Gasteiger charge is 2.27. The van der Waals surface area contributed by atoms with Gasteiger partial charge in [0.1, 0.15) is 16.4 Å². The fourth-order valence-corrected chi connectivity index (χ4v) is 3.43. The lowest BCUT2D eigenvalue weighted by Crippen LogP contribution is -2.30. The van der Waals surface area contributed by atoms with Crippen LogP contribution in [-0.4, -0.2) is 32.7 Å². The number of nitro groups is 1. The highest BCUT2D eigenvalue weighted by molar-refractivity contribution is 6.33. The minimum Gasteiger partial charge on any atom is -0.449 e. The third-order valence-electron chi connectivity index (χ3n) is 4.56. The van der Waals surface area contributed by atoms with E-state index in [-0.39, 0.29) is 28.6 Å². The zero-order chi connectivity index (χ0) is 23.4. The van der Waals surface area contributed by atoms with Gasteiger partial charge in [0.05, 0.1) is 17.2 Å². The summed E-state index contributed by atoms with van der Waals surface area (Å²) in [7, 11) is 0. The summed E-state index contributed by atoms with van der Waals surface area (Å²) in [4.78, 5) is 35.6. The van der Waals surface area contributed by atoms with Crippen LogP contribution in [0, 0.1) is 17.0 Å². The quantitative estimate of drug-likeness (QED) is 0.301. The van der Waals surface area contributed by atoms with Crippen LogP contribution in [0.15, 0.2) is 48.5 Å². The van der Waals surface area contributed by atoms with Gasteiger partial charge in [0, 0.05) is 11.1 Å². The van der Waals surface area contributed by atoms with Crippen LogP contribution >= 0.6 is 23.2 Å². The Bertz CT molecular complexity index is 1190. The van der Waals surface area contributed by atoms with Crippen LogP contribution < -0.4 is 5.32 Å². The number of hydrogen-bond donors (Lipinski definition) is 1. The van der Waals surface area contributed by atoms with E-state index < -0.39 is 22.9 Å². The second kappa shape index (κ2) is 9.80. The molecule has 0 aliphatic heterocycles. The van der Waals surface area contributed by atoms with Gasteiger partial charge in [0.2, 0.25) is 0 Å². The number of carbonyl (C=O) groups excluding carboxylic acids is 2. The van der Waals surface area contributed by atoms with Gasteiger partial charge in [-0.15, -0.1) is 0 Å². The van der Waals surface area contributed by atoms with E-state index in [4.69, 9.17) is 27.9 Å². The minimum absolute atomic E-state index is 0.00725. The average molecular weight is 477 g/mol. The molecule has 0 bridgehead atoms. The van der Waals surface area contributed by atoms with Crippen LogP contribution in [0.5, 0.6) is 0 Å². The van der Waals surface area contributed by atoms with Crippen molar-refractivity contribution in [3.8, 4) is 0 Å². The maximum absolute atomic E-state index is 12.7. The Morgan fingerprint density at radius 2 is 1.84 bits per heavy atom. The fourth-order valence-electron chi connectivity index (χ4n) is 2.92. The smallest absolute Gasteiger partial charge is 0.343 e. The van der Waals surface area contributed by atoms with Gasteiger partial charge >= 0.3 is 5.97 Å². The van der Waals surface area contributed by atoms with Crippen molar-refractivity contribution in [3.63, 3.8) is 0 Å². The first-order valence-electron chi connectivity index (χ1n) is 9.40. The molecule has 166 valence electrons. The Kier molecular flexibility index (Phi) is 7.12. The standard InChI is InChI=1S/C21H18Cl2N4O5/c1-12-18(19(23)26(25-12)11-14-7-3-4-8-15(14)22)21(29)32-13(2)20(28)24-16-9-5-6-10-17(16)27(30)31/h3-10,13H,11H2,1-2H3,(H,24,28). The number of amides is 1. The van der Waals surface area contributed by atoms with E-state index in [0.717, 1.165) is 5.56 Å². The molecule has 0 spiro atoms. The molecule has 1 aromatic heterocycles. The van der Waals surface area contributed by atoms with Gasteiger partial charge in [-0.2, -0.15) is 5.10 Å². The van der Waals surface area contributed by atoms with Crippen LogP contribution in [-0.2, 0) is 16.1 Å². The molecule has 3 aromatic rings. The number of aryl methyl sites for hydroxylation is 1. The number of para-hydroxylation sites is 2. The predicted molar refractivity (Wildman–Crippen MR) is 119 cm³/mol. The largest absolute Gasteiger partial charge is 0.449 e. The third-order valence-corrected chi connectivity index (χ3v) is 5.31. The second-order valence-corrected chi connectivity index (χ2v) is 7.58. The lowest BCUT2D eigenvalue weighted by Gasteiger charge is -2.13. The molecule has 1 amide bonds. The van der Waals surface area contributed by atoms with E-state index in [1.165, 1.54) is 35.9 Å². The Morgan fingerprint density at radius 3 is 2.53 bits per heavy atom. The number of carbonyl (C=O) groups is 2. The summed E-state index contributed by atoms with van der Waals surface area (Å²) in [5.74, 6) is -1.58. The van der Waals surface area contributed by atoms with Crippen molar-refractivity contribution in [2.75, 3.05) is 5.32 Å². The minimum atomic E-state index is -1.25. The first-order valence-corrected chi connectivity index (χ1v) is 10.2. The van der Waals surface area contributed by atoms with E-state index in [1.807, 2.05) is 12.1 Å². The van der Waals surface area contributed by atoms with Crippen molar-refractivity contribution in [2.24, 2.45) is 0 Å². The summed E-state index contributed by atoms with van der Waals surface area (Å²) in [6.45, 7) is 3.17. The summed E-state index contributed by atoms with van der Waals surface area (Å²) >= 11 is 12.5. The number of rotatable bonds is 7. The molecule has 1 unspecified atom stereocenters. The summed E-state index contributed by atoms with van der Waals surface area (Å²) < 4.78 is 6.64. The fraction of sp³-hybridized carbons (Fsp3) is 0.190. The van der Waals surface area contributed by atoms with Crippen LogP contribution in [0.25, 0.3) is 0 Å². The lowest BCUT2D eigenvalue weighted by molar-refractivity contribution is -0.383. The molecule has 11 heteroatoms. The molecule has 1 heterocycles. The molecule has 0 aliphatic carbocycles. The zero-order valence-corrected chi connectivity index (χ0v) is 18.6. The second-order valence-electron chi connectivity index (χ2n) is 6.81. The van der Waals surface area contributed by atoms with Crippen LogP contribution in [0.2, 0.25) is 10.2 Å². The van der Waals surface area contributed by atoms with E-state index in [0.29, 0.717) is 10.7 Å². The zero-order valence-electron chi connectivity index (χ0n) is 17.0. The average Bonchev–Trinajstić information content (AvgIpc) is 3.02. The summed E-state index contributed by atoms with van der Waals surface area (Å²) in [5.41, 5.74) is 0.810. The van der Waals surface area contributed by atoms with Crippen molar-refractivity contribution < 1.29 is 19.2 Å². The predicted octanol–water partition coefficient (Wildman–Crippen LogP) is 4.64. The van der Waals surface area contributed by atoms with Crippen LogP contribution in [0.4, 0.5) is 11.4 Å². The van der Waals surface area contributed by atoms with Gasteiger partial charge in [-0.1, -0.05) is 53.5 Å². The van der Waals surface area contributed by atoms with E-state index in [2.05, 4.69) is 10.4 Å². The lowest BCUT2D eigenvalue weighted by atomic mass is 10.2. The van der Waals surface area contributed by atoms with Crippen molar-refractivity contribution in [1.82, 2.24) is 9.78 Å². The monoisotopic (exact) mass is 476 g/mol.